The monoisotopic (exact) mass is 557 g/mol. The van der Waals surface area contributed by atoms with Crippen molar-refractivity contribution in [2.45, 2.75) is 136 Å². The summed E-state index contributed by atoms with van der Waals surface area (Å²) in [4.78, 5) is 0. The molecule has 40 heavy (non-hydrogen) atoms. The van der Waals surface area contributed by atoms with Crippen LogP contribution in [0.1, 0.15) is 117 Å². The molecule has 3 rings (SSSR count). The molecule has 1 aromatic rings. The molecule has 2 N–H and O–H groups in total. The van der Waals surface area contributed by atoms with Crippen LogP contribution < -0.4 is 5.73 Å². The van der Waals surface area contributed by atoms with Crippen molar-refractivity contribution in [3.05, 3.63) is 48.0 Å². The van der Waals surface area contributed by atoms with E-state index in [0.717, 1.165) is 12.0 Å². The Morgan fingerprint density at radius 3 is 2.27 bits per heavy atom. The third-order valence-electron chi connectivity index (χ3n) is 9.39. The van der Waals surface area contributed by atoms with Gasteiger partial charge in [0.15, 0.2) is 12.6 Å². The zero-order valence-electron chi connectivity index (χ0n) is 26.1. The Kier molecular flexibility index (Phi) is 15.2. The molecule has 5 heteroatoms. The van der Waals surface area contributed by atoms with Crippen LogP contribution in [0.2, 0.25) is 0 Å². The van der Waals surface area contributed by atoms with Gasteiger partial charge in [-0.25, -0.2) is 0 Å². The topological polar surface area (TPSA) is 62.9 Å². The van der Waals surface area contributed by atoms with Gasteiger partial charge in [-0.15, -0.1) is 0 Å². The molecule has 0 saturated carbocycles. The summed E-state index contributed by atoms with van der Waals surface area (Å²) in [5.74, 6) is 1.39. The Balaban J connectivity index is 1.31. The van der Waals surface area contributed by atoms with Crippen LogP contribution in [0, 0.1) is 23.7 Å². The van der Waals surface area contributed by atoms with E-state index in [9.17, 15) is 0 Å². The molecule has 228 valence electrons. The standard InChI is InChI=1S/C35H59NO4/c1-6-7-8-9-10-11-12-13-14-15-16-18-21-26(2)27(3)31(36)24-37-34-29(5)28(4)33-32(39-34)25-38-35(40-33)30-22-19-17-20-23-30/h16-20,22-23,26-29,31-35H,6-15,21,24-25,36H2,1-5H3/b18-16+/t26-,27-,28?,29?,31+,32?,33?,34?,35?/m1/s1. The maximum Gasteiger partial charge on any atom is 0.184 e. The van der Waals surface area contributed by atoms with Crippen molar-refractivity contribution in [2.24, 2.45) is 29.4 Å². The van der Waals surface area contributed by atoms with Crippen LogP contribution in [-0.2, 0) is 18.9 Å². The van der Waals surface area contributed by atoms with Gasteiger partial charge >= 0.3 is 0 Å². The quantitative estimate of drug-likeness (QED) is 0.145. The second-order valence-corrected chi connectivity index (χ2v) is 12.6. The van der Waals surface area contributed by atoms with E-state index in [0.29, 0.717) is 31.0 Å². The number of allylic oxidation sites excluding steroid dienone is 2. The molecule has 0 bridgehead atoms. The highest BCUT2D eigenvalue weighted by atomic mass is 16.7. The van der Waals surface area contributed by atoms with Gasteiger partial charge in [0.25, 0.3) is 0 Å². The SMILES string of the molecule is CCCCCCCCCCC/C=C/C[C@@H](C)[C@@H](C)[C@@H](N)COC1OC2COC(c3ccccc3)OC2C(C)C1C. The average molecular weight is 558 g/mol. The molecule has 0 spiro atoms. The molecule has 2 aliphatic rings. The highest BCUT2D eigenvalue weighted by molar-refractivity contribution is 5.16. The molecule has 2 aliphatic heterocycles. The first-order valence-electron chi connectivity index (χ1n) is 16.4. The largest absolute Gasteiger partial charge is 0.351 e. The van der Waals surface area contributed by atoms with Gasteiger partial charge in [0.05, 0.1) is 19.3 Å². The number of nitrogens with two attached hydrogens (primary N) is 1. The number of hydrogen-bond donors (Lipinski definition) is 1. The zero-order valence-corrected chi connectivity index (χ0v) is 26.1. The van der Waals surface area contributed by atoms with Crippen molar-refractivity contribution in [1.29, 1.82) is 0 Å². The Bertz CT molecular complexity index is 815. The number of benzene rings is 1. The van der Waals surface area contributed by atoms with Crippen molar-refractivity contribution >= 4 is 0 Å². The lowest BCUT2D eigenvalue weighted by molar-refractivity contribution is -0.343. The molecule has 2 saturated heterocycles. The minimum Gasteiger partial charge on any atom is -0.351 e. The smallest absolute Gasteiger partial charge is 0.184 e. The van der Waals surface area contributed by atoms with Crippen molar-refractivity contribution in [3.63, 3.8) is 0 Å². The zero-order chi connectivity index (χ0) is 28.7. The fraction of sp³-hybridized carbons (Fsp3) is 0.771. The lowest BCUT2D eigenvalue weighted by atomic mass is 9.84. The van der Waals surface area contributed by atoms with Crippen LogP contribution >= 0.6 is 0 Å². The van der Waals surface area contributed by atoms with Crippen molar-refractivity contribution < 1.29 is 18.9 Å². The molecule has 5 nitrogen and oxygen atoms in total. The number of rotatable bonds is 18. The lowest BCUT2D eigenvalue weighted by Gasteiger charge is -2.48. The van der Waals surface area contributed by atoms with Crippen LogP contribution in [0.5, 0.6) is 0 Å². The molecular weight excluding hydrogens is 498 g/mol. The highest BCUT2D eigenvalue weighted by Crippen LogP contribution is 2.39. The molecule has 6 unspecified atom stereocenters. The van der Waals surface area contributed by atoms with Gasteiger partial charge in [-0.1, -0.05) is 128 Å². The molecule has 0 amide bonds. The Labute approximate surface area is 245 Å². The minimum atomic E-state index is -0.340. The number of fused-ring (bicyclic) bond motifs is 1. The maximum absolute atomic E-state index is 6.61. The lowest BCUT2D eigenvalue weighted by Crippen LogP contribution is -2.56. The number of unbranched alkanes of at least 4 members (excludes halogenated alkanes) is 9. The Hall–Kier alpha value is -1.24. The number of ether oxygens (including phenoxy) is 4. The van der Waals surface area contributed by atoms with E-state index in [2.05, 4.69) is 46.8 Å². The normalized spacial score (nSPS) is 29.2. The summed E-state index contributed by atoms with van der Waals surface area (Å²) in [6.07, 6.45) is 18.7. The molecule has 9 atom stereocenters. The van der Waals surface area contributed by atoms with Crippen LogP contribution in [-0.4, -0.2) is 37.8 Å². The second-order valence-electron chi connectivity index (χ2n) is 12.6. The summed E-state index contributed by atoms with van der Waals surface area (Å²) in [5, 5.41) is 0. The predicted octanol–water partition coefficient (Wildman–Crippen LogP) is 8.58. The van der Waals surface area contributed by atoms with E-state index < -0.39 is 0 Å². The van der Waals surface area contributed by atoms with Crippen molar-refractivity contribution in [1.82, 2.24) is 0 Å². The molecule has 2 heterocycles. The number of hydrogen-bond acceptors (Lipinski definition) is 5. The van der Waals surface area contributed by atoms with Gasteiger partial charge in [0, 0.05) is 17.5 Å². The molecule has 1 aromatic carbocycles. The van der Waals surface area contributed by atoms with Crippen LogP contribution in [0.4, 0.5) is 0 Å². The van der Waals surface area contributed by atoms with Gasteiger partial charge < -0.3 is 24.7 Å². The third kappa shape index (κ3) is 10.5. The van der Waals surface area contributed by atoms with Crippen LogP contribution in [0.3, 0.4) is 0 Å². The molecule has 0 aliphatic carbocycles. The molecule has 0 aromatic heterocycles. The summed E-state index contributed by atoms with van der Waals surface area (Å²) in [5.41, 5.74) is 7.66. The van der Waals surface area contributed by atoms with E-state index in [1.54, 1.807) is 0 Å². The van der Waals surface area contributed by atoms with E-state index in [4.69, 9.17) is 24.7 Å². The fourth-order valence-corrected chi connectivity index (χ4v) is 5.94. The maximum atomic E-state index is 6.61. The minimum absolute atomic E-state index is 0.0104. The highest BCUT2D eigenvalue weighted by Gasteiger charge is 2.46. The van der Waals surface area contributed by atoms with Gasteiger partial charge in [0.2, 0.25) is 0 Å². The predicted molar refractivity (Wildman–Crippen MR) is 165 cm³/mol. The van der Waals surface area contributed by atoms with Crippen molar-refractivity contribution in [3.8, 4) is 0 Å². The third-order valence-corrected chi connectivity index (χ3v) is 9.39. The summed E-state index contributed by atoms with van der Waals surface area (Å²) >= 11 is 0. The van der Waals surface area contributed by atoms with Gasteiger partial charge in [-0.2, -0.15) is 0 Å². The Morgan fingerprint density at radius 2 is 1.57 bits per heavy atom. The summed E-state index contributed by atoms with van der Waals surface area (Å²) in [6, 6.07) is 10.1. The van der Waals surface area contributed by atoms with E-state index in [1.165, 1.54) is 64.2 Å². The van der Waals surface area contributed by atoms with E-state index in [1.807, 2.05) is 30.3 Å². The summed E-state index contributed by atoms with van der Waals surface area (Å²) < 4.78 is 25.0. The average Bonchev–Trinajstić information content (AvgIpc) is 2.98. The molecule has 0 radical (unpaired) electrons. The van der Waals surface area contributed by atoms with E-state index >= 15 is 0 Å². The first-order valence-corrected chi connectivity index (χ1v) is 16.4. The molecule has 2 fully saturated rings. The first-order chi connectivity index (χ1) is 19.4. The second kappa shape index (κ2) is 18.3. The molecular formula is C35H59NO4. The van der Waals surface area contributed by atoms with Crippen LogP contribution in [0.25, 0.3) is 0 Å². The fourth-order valence-electron chi connectivity index (χ4n) is 5.94. The first kappa shape index (κ1) is 33.3. The van der Waals surface area contributed by atoms with Gasteiger partial charge in [-0.05, 0) is 37.0 Å². The van der Waals surface area contributed by atoms with Gasteiger partial charge in [0.1, 0.15) is 6.10 Å². The van der Waals surface area contributed by atoms with E-state index in [-0.39, 0.29) is 36.7 Å². The summed E-state index contributed by atoms with van der Waals surface area (Å²) in [7, 11) is 0. The van der Waals surface area contributed by atoms with Crippen LogP contribution in [0.15, 0.2) is 42.5 Å². The van der Waals surface area contributed by atoms with Gasteiger partial charge in [-0.3, -0.25) is 0 Å². The Morgan fingerprint density at radius 1 is 0.900 bits per heavy atom. The summed E-state index contributed by atoms with van der Waals surface area (Å²) in [6.45, 7) is 12.3. The van der Waals surface area contributed by atoms with Crippen molar-refractivity contribution in [2.75, 3.05) is 13.2 Å².